The minimum absolute atomic E-state index is 0.500. The zero-order valence-electron chi connectivity index (χ0n) is 10.4. The summed E-state index contributed by atoms with van der Waals surface area (Å²) in [4.78, 5) is 5.70. The smallest absolute Gasteiger partial charge is 0.125 e. The SMILES string of the molecule is COCc1nc(-c2ccc(C)cc2Br)sc1CN. The van der Waals surface area contributed by atoms with Gasteiger partial charge in [-0.1, -0.05) is 28.1 Å². The van der Waals surface area contributed by atoms with Gasteiger partial charge in [0.25, 0.3) is 0 Å². The van der Waals surface area contributed by atoms with Crippen LogP contribution in [0.25, 0.3) is 10.6 Å². The Bertz CT molecular complexity index is 554. The van der Waals surface area contributed by atoms with E-state index < -0.39 is 0 Å². The van der Waals surface area contributed by atoms with E-state index >= 15 is 0 Å². The Morgan fingerprint density at radius 3 is 2.83 bits per heavy atom. The number of hydrogen-bond acceptors (Lipinski definition) is 4. The molecule has 0 aliphatic rings. The summed E-state index contributed by atoms with van der Waals surface area (Å²) in [6.45, 7) is 3.07. The van der Waals surface area contributed by atoms with E-state index in [4.69, 9.17) is 10.5 Å². The maximum absolute atomic E-state index is 5.74. The van der Waals surface area contributed by atoms with Crippen LogP contribution in [-0.2, 0) is 17.9 Å². The van der Waals surface area contributed by atoms with Gasteiger partial charge in [0.05, 0.1) is 12.3 Å². The third kappa shape index (κ3) is 2.80. The summed E-state index contributed by atoms with van der Waals surface area (Å²) in [5.41, 5.74) is 9.00. The number of thiazole rings is 1. The molecule has 2 aromatic rings. The minimum Gasteiger partial charge on any atom is -0.378 e. The third-order valence-electron chi connectivity index (χ3n) is 2.60. The van der Waals surface area contributed by atoms with Crippen LogP contribution in [-0.4, -0.2) is 12.1 Å². The van der Waals surface area contributed by atoms with E-state index in [1.807, 2.05) is 0 Å². The molecule has 1 heterocycles. The number of aryl methyl sites for hydroxylation is 1. The second kappa shape index (κ2) is 5.93. The summed E-state index contributed by atoms with van der Waals surface area (Å²) in [5.74, 6) is 0. The molecule has 0 atom stereocenters. The summed E-state index contributed by atoms with van der Waals surface area (Å²) in [5, 5.41) is 0.981. The summed E-state index contributed by atoms with van der Waals surface area (Å²) in [6, 6.07) is 6.25. The van der Waals surface area contributed by atoms with E-state index in [1.165, 1.54) is 5.56 Å². The monoisotopic (exact) mass is 326 g/mol. The fourth-order valence-corrected chi connectivity index (χ4v) is 3.50. The van der Waals surface area contributed by atoms with Crippen LogP contribution in [0.5, 0.6) is 0 Å². The molecule has 0 bridgehead atoms. The highest BCUT2D eigenvalue weighted by Gasteiger charge is 2.13. The molecule has 1 aromatic heterocycles. The van der Waals surface area contributed by atoms with Crippen molar-refractivity contribution in [1.29, 1.82) is 0 Å². The molecular formula is C13H15BrN2OS. The van der Waals surface area contributed by atoms with Crippen LogP contribution >= 0.6 is 27.3 Å². The molecule has 0 saturated carbocycles. The van der Waals surface area contributed by atoms with Crippen molar-refractivity contribution >= 4 is 27.3 Å². The van der Waals surface area contributed by atoms with Crippen molar-refractivity contribution in [1.82, 2.24) is 4.98 Å². The largest absolute Gasteiger partial charge is 0.378 e. The molecule has 0 radical (unpaired) electrons. The van der Waals surface area contributed by atoms with E-state index in [0.29, 0.717) is 13.2 Å². The van der Waals surface area contributed by atoms with Gasteiger partial charge in [-0.05, 0) is 18.6 Å². The Hall–Kier alpha value is -0.750. The van der Waals surface area contributed by atoms with E-state index in [0.717, 1.165) is 25.6 Å². The molecule has 0 aliphatic heterocycles. The molecule has 2 rings (SSSR count). The zero-order valence-corrected chi connectivity index (χ0v) is 12.8. The van der Waals surface area contributed by atoms with Gasteiger partial charge in [0.2, 0.25) is 0 Å². The Balaban J connectivity index is 2.44. The molecule has 0 saturated heterocycles. The Kier molecular flexibility index (Phi) is 4.50. The second-order valence-corrected chi connectivity index (χ2v) is 5.95. The van der Waals surface area contributed by atoms with Crippen LogP contribution in [0, 0.1) is 6.92 Å². The molecule has 3 nitrogen and oxygen atoms in total. The highest BCUT2D eigenvalue weighted by molar-refractivity contribution is 9.10. The zero-order chi connectivity index (χ0) is 13.1. The average molecular weight is 327 g/mol. The van der Waals surface area contributed by atoms with Crippen molar-refractivity contribution in [2.24, 2.45) is 5.73 Å². The number of benzene rings is 1. The first kappa shape index (κ1) is 13.7. The number of methoxy groups -OCH3 is 1. The van der Waals surface area contributed by atoms with Gasteiger partial charge in [0.15, 0.2) is 0 Å². The lowest BCUT2D eigenvalue weighted by molar-refractivity contribution is 0.181. The van der Waals surface area contributed by atoms with Crippen LogP contribution in [0.1, 0.15) is 16.1 Å². The van der Waals surface area contributed by atoms with Crippen LogP contribution in [0.15, 0.2) is 22.7 Å². The van der Waals surface area contributed by atoms with Gasteiger partial charge in [-0.2, -0.15) is 0 Å². The average Bonchev–Trinajstić information content (AvgIpc) is 2.72. The first-order valence-corrected chi connectivity index (χ1v) is 7.20. The summed E-state index contributed by atoms with van der Waals surface area (Å²) >= 11 is 5.21. The van der Waals surface area contributed by atoms with Crippen LogP contribution in [0.2, 0.25) is 0 Å². The standard InChI is InChI=1S/C13H15BrN2OS/c1-8-3-4-9(10(14)5-8)13-16-11(7-17-2)12(6-15)18-13/h3-5H,6-7,15H2,1-2H3. The number of nitrogens with two attached hydrogens (primary N) is 1. The number of halogens is 1. The molecule has 0 spiro atoms. The van der Waals surface area contributed by atoms with E-state index in [2.05, 4.69) is 46.0 Å². The molecule has 0 fully saturated rings. The van der Waals surface area contributed by atoms with Crippen molar-refractivity contribution in [2.75, 3.05) is 7.11 Å². The molecule has 18 heavy (non-hydrogen) atoms. The van der Waals surface area contributed by atoms with E-state index in [9.17, 15) is 0 Å². The van der Waals surface area contributed by atoms with Crippen LogP contribution in [0.4, 0.5) is 0 Å². The number of nitrogens with zero attached hydrogens (tertiary/aromatic N) is 1. The molecule has 5 heteroatoms. The van der Waals surface area contributed by atoms with Gasteiger partial charge in [0.1, 0.15) is 5.01 Å². The second-order valence-electron chi connectivity index (χ2n) is 4.01. The van der Waals surface area contributed by atoms with Crippen molar-refractivity contribution < 1.29 is 4.74 Å². The normalized spacial score (nSPS) is 10.9. The summed E-state index contributed by atoms with van der Waals surface area (Å²) < 4.78 is 6.20. The molecule has 0 aliphatic carbocycles. The first-order valence-electron chi connectivity index (χ1n) is 5.59. The predicted molar refractivity (Wildman–Crippen MR) is 78.6 cm³/mol. The minimum atomic E-state index is 0.500. The van der Waals surface area contributed by atoms with Crippen molar-refractivity contribution in [3.63, 3.8) is 0 Å². The molecular weight excluding hydrogens is 312 g/mol. The lowest BCUT2D eigenvalue weighted by Gasteiger charge is -2.01. The third-order valence-corrected chi connectivity index (χ3v) is 4.41. The van der Waals surface area contributed by atoms with Crippen LogP contribution < -0.4 is 5.73 Å². The molecule has 0 unspecified atom stereocenters. The lowest BCUT2D eigenvalue weighted by Crippen LogP contribution is -1.99. The van der Waals surface area contributed by atoms with Crippen molar-refractivity contribution in [2.45, 2.75) is 20.1 Å². The Morgan fingerprint density at radius 2 is 2.22 bits per heavy atom. The van der Waals surface area contributed by atoms with Gasteiger partial charge in [-0.3, -0.25) is 0 Å². The molecule has 96 valence electrons. The van der Waals surface area contributed by atoms with Crippen LogP contribution in [0.3, 0.4) is 0 Å². The first-order chi connectivity index (χ1) is 8.65. The Morgan fingerprint density at radius 1 is 1.44 bits per heavy atom. The number of aromatic nitrogens is 1. The van der Waals surface area contributed by atoms with Gasteiger partial charge in [0, 0.05) is 28.6 Å². The number of hydrogen-bond donors (Lipinski definition) is 1. The van der Waals surface area contributed by atoms with Gasteiger partial charge in [-0.25, -0.2) is 4.98 Å². The fraction of sp³-hybridized carbons (Fsp3) is 0.308. The number of ether oxygens (including phenoxy) is 1. The lowest BCUT2D eigenvalue weighted by atomic mass is 10.2. The highest BCUT2D eigenvalue weighted by Crippen LogP contribution is 2.33. The van der Waals surface area contributed by atoms with E-state index in [1.54, 1.807) is 18.4 Å². The number of rotatable bonds is 4. The van der Waals surface area contributed by atoms with Crippen molar-refractivity contribution in [3.8, 4) is 10.6 Å². The molecule has 1 aromatic carbocycles. The summed E-state index contributed by atoms with van der Waals surface area (Å²) in [6.07, 6.45) is 0. The summed E-state index contributed by atoms with van der Waals surface area (Å²) in [7, 11) is 1.67. The predicted octanol–water partition coefficient (Wildman–Crippen LogP) is 3.49. The van der Waals surface area contributed by atoms with Crippen molar-refractivity contribution in [3.05, 3.63) is 38.8 Å². The quantitative estimate of drug-likeness (QED) is 0.935. The maximum atomic E-state index is 5.74. The topological polar surface area (TPSA) is 48.1 Å². The van der Waals surface area contributed by atoms with Gasteiger partial charge in [-0.15, -0.1) is 11.3 Å². The molecule has 0 amide bonds. The van der Waals surface area contributed by atoms with Gasteiger partial charge >= 0.3 is 0 Å². The van der Waals surface area contributed by atoms with Gasteiger partial charge < -0.3 is 10.5 Å². The maximum Gasteiger partial charge on any atom is 0.125 e. The van der Waals surface area contributed by atoms with E-state index in [-0.39, 0.29) is 0 Å². The fourth-order valence-electron chi connectivity index (χ4n) is 1.70. The highest BCUT2D eigenvalue weighted by atomic mass is 79.9. The Labute approximate surface area is 119 Å². The molecule has 2 N–H and O–H groups in total.